The highest BCUT2D eigenvalue weighted by atomic mass is 35.5. The summed E-state index contributed by atoms with van der Waals surface area (Å²) in [5.41, 5.74) is 3.74. The fraction of sp³-hybridized carbons (Fsp3) is 0.267. The molecule has 2 nitrogen and oxygen atoms in total. The lowest BCUT2D eigenvalue weighted by molar-refractivity contribution is 0.274. The summed E-state index contributed by atoms with van der Waals surface area (Å²) in [6.07, 6.45) is 2.85. The molecule has 0 saturated carbocycles. The largest absolute Gasteiger partial charge is 0.491 e. The fourth-order valence-corrected chi connectivity index (χ4v) is 2.44. The minimum Gasteiger partial charge on any atom is -0.491 e. The third kappa shape index (κ3) is 2.21. The molecule has 0 spiro atoms. The van der Waals surface area contributed by atoms with Gasteiger partial charge in [-0.15, -0.1) is 11.6 Å². The summed E-state index contributed by atoms with van der Waals surface area (Å²) in [5, 5.41) is 0. The Morgan fingerprint density at radius 3 is 2.83 bits per heavy atom. The van der Waals surface area contributed by atoms with Crippen molar-refractivity contribution in [2.45, 2.75) is 18.2 Å². The number of pyridine rings is 1. The van der Waals surface area contributed by atoms with E-state index in [1.165, 1.54) is 11.1 Å². The molecule has 3 heteroatoms. The van der Waals surface area contributed by atoms with E-state index in [2.05, 4.69) is 29.2 Å². The lowest BCUT2D eigenvalue weighted by Crippen LogP contribution is -2.23. The first-order valence-electron chi connectivity index (χ1n) is 6.08. The third-order valence-electron chi connectivity index (χ3n) is 3.35. The fourth-order valence-electron chi connectivity index (χ4n) is 2.28. The van der Waals surface area contributed by atoms with Gasteiger partial charge in [-0.1, -0.05) is 24.3 Å². The van der Waals surface area contributed by atoms with E-state index in [9.17, 15) is 0 Å². The van der Waals surface area contributed by atoms with E-state index < -0.39 is 0 Å². The van der Waals surface area contributed by atoms with Gasteiger partial charge in [0.15, 0.2) is 0 Å². The van der Waals surface area contributed by atoms with Crippen molar-refractivity contribution in [2.75, 3.05) is 6.61 Å². The zero-order chi connectivity index (χ0) is 12.4. The molecule has 1 aliphatic rings. The van der Waals surface area contributed by atoms with Crippen LogP contribution >= 0.6 is 11.6 Å². The van der Waals surface area contributed by atoms with Gasteiger partial charge in [-0.05, 0) is 29.7 Å². The number of nitrogens with zero attached hydrogens (tertiary/aromatic N) is 1. The molecule has 3 rings (SSSR count). The molecule has 1 unspecified atom stereocenters. The molecule has 92 valence electrons. The van der Waals surface area contributed by atoms with E-state index in [-0.39, 0.29) is 0 Å². The molecular weight excluding hydrogens is 246 g/mol. The first-order valence-corrected chi connectivity index (χ1v) is 6.62. The van der Waals surface area contributed by atoms with Gasteiger partial charge in [-0.3, -0.25) is 4.98 Å². The molecule has 0 radical (unpaired) electrons. The van der Waals surface area contributed by atoms with E-state index in [1.807, 2.05) is 12.1 Å². The molecule has 0 fully saturated rings. The van der Waals surface area contributed by atoms with Crippen LogP contribution in [0.1, 0.15) is 22.7 Å². The minimum absolute atomic E-state index is 0.441. The van der Waals surface area contributed by atoms with Crippen molar-refractivity contribution in [3.05, 3.63) is 59.4 Å². The summed E-state index contributed by atoms with van der Waals surface area (Å²) in [5.74, 6) is 1.78. The molecule has 1 aromatic carbocycles. The second-order valence-corrected chi connectivity index (χ2v) is 4.80. The smallest absolute Gasteiger partial charge is 0.137 e. The molecule has 1 heterocycles. The summed E-state index contributed by atoms with van der Waals surface area (Å²) >= 11 is 5.69. The Kier molecular flexibility index (Phi) is 3.20. The van der Waals surface area contributed by atoms with Gasteiger partial charge in [-0.2, -0.15) is 0 Å². The van der Waals surface area contributed by atoms with Gasteiger partial charge in [-0.25, -0.2) is 0 Å². The summed E-state index contributed by atoms with van der Waals surface area (Å²) in [4.78, 5) is 4.21. The Bertz CT molecular complexity index is 538. The van der Waals surface area contributed by atoms with Crippen molar-refractivity contribution in [3.63, 3.8) is 0 Å². The predicted molar refractivity (Wildman–Crippen MR) is 72.2 cm³/mol. The van der Waals surface area contributed by atoms with Crippen molar-refractivity contribution in [2.24, 2.45) is 0 Å². The van der Waals surface area contributed by atoms with Gasteiger partial charge >= 0.3 is 0 Å². The van der Waals surface area contributed by atoms with E-state index in [0.29, 0.717) is 11.8 Å². The monoisotopic (exact) mass is 259 g/mol. The molecule has 0 amide bonds. The molecule has 1 aromatic heterocycles. The maximum absolute atomic E-state index is 5.76. The maximum Gasteiger partial charge on any atom is 0.137 e. The molecule has 0 bridgehead atoms. The Morgan fingerprint density at radius 1 is 1.22 bits per heavy atom. The minimum atomic E-state index is 0.441. The van der Waals surface area contributed by atoms with Crippen LogP contribution in [-0.4, -0.2) is 11.6 Å². The van der Waals surface area contributed by atoms with E-state index in [4.69, 9.17) is 16.3 Å². The van der Waals surface area contributed by atoms with Crippen LogP contribution in [-0.2, 0) is 12.3 Å². The zero-order valence-electron chi connectivity index (χ0n) is 9.97. The van der Waals surface area contributed by atoms with E-state index in [1.54, 1.807) is 6.20 Å². The van der Waals surface area contributed by atoms with Crippen LogP contribution in [0.5, 0.6) is 5.75 Å². The second-order valence-electron chi connectivity index (χ2n) is 4.53. The van der Waals surface area contributed by atoms with Gasteiger partial charge in [0.2, 0.25) is 0 Å². The summed E-state index contributed by atoms with van der Waals surface area (Å²) < 4.78 is 5.76. The average Bonchev–Trinajstić information content (AvgIpc) is 2.40. The highest BCUT2D eigenvalue weighted by Crippen LogP contribution is 2.34. The van der Waals surface area contributed by atoms with Crippen LogP contribution in [0.25, 0.3) is 0 Å². The van der Waals surface area contributed by atoms with Crippen LogP contribution in [0.2, 0.25) is 0 Å². The quantitative estimate of drug-likeness (QED) is 0.784. The molecule has 0 saturated heterocycles. The Hall–Kier alpha value is -1.54. The maximum atomic E-state index is 5.76. The summed E-state index contributed by atoms with van der Waals surface area (Å²) in [6, 6.07) is 12.4. The first kappa shape index (κ1) is 11.5. The number of hydrogen-bond acceptors (Lipinski definition) is 2. The van der Waals surface area contributed by atoms with Crippen LogP contribution < -0.4 is 4.74 Å². The molecule has 1 atom stereocenters. The van der Waals surface area contributed by atoms with Crippen molar-refractivity contribution < 1.29 is 4.74 Å². The molecule has 0 N–H and O–H groups in total. The number of halogens is 1. The van der Waals surface area contributed by atoms with Gasteiger partial charge in [0, 0.05) is 5.92 Å². The number of fused-ring (bicyclic) bond motifs is 1. The average molecular weight is 260 g/mol. The second kappa shape index (κ2) is 4.99. The highest BCUT2D eigenvalue weighted by Gasteiger charge is 2.25. The number of benzene rings is 1. The topological polar surface area (TPSA) is 22.1 Å². The molecule has 2 aromatic rings. The Balaban J connectivity index is 1.59. The number of aromatic nitrogens is 1. The highest BCUT2D eigenvalue weighted by molar-refractivity contribution is 6.16. The van der Waals surface area contributed by atoms with Gasteiger partial charge in [0.05, 0.1) is 24.4 Å². The van der Waals surface area contributed by atoms with E-state index in [0.717, 1.165) is 24.5 Å². The first-order chi connectivity index (χ1) is 8.86. The number of rotatable bonds is 4. The summed E-state index contributed by atoms with van der Waals surface area (Å²) in [7, 11) is 0. The van der Waals surface area contributed by atoms with Crippen LogP contribution in [0.3, 0.4) is 0 Å². The van der Waals surface area contributed by atoms with Gasteiger partial charge < -0.3 is 4.74 Å². The normalized spacial score (nSPS) is 16.8. The Morgan fingerprint density at radius 2 is 2.11 bits per heavy atom. The van der Waals surface area contributed by atoms with Gasteiger partial charge in [0.25, 0.3) is 0 Å². The number of ether oxygens (including phenoxy) is 1. The van der Waals surface area contributed by atoms with Crippen molar-refractivity contribution >= 4 is 11.6 Å². The standard InChI is InChI=1S/C15H14ClNO/c16-8-13-5-6-14(9-17-13)18-10-12-7-11-3-1-2-4-15(11)12/h1-6,9,12H,7-8,10H2. The Labute approximate surface area is 112 Å². The molecule has 18 heavy (non-hydrogen) atoms. The van der Waals surface area contributed by atoms with Crippen molar-refractivity contribution in [3.8, 4) is 5.75 Å². The van der Waals surface area contributed by atoms with Crippen LogP contribution in [0.15, 0.2) is 42.6 Å². The third-order valence-corrected chi connectivity index (χ3v) is 3.62. The van der Waals surface area contributed by atoms with Crippen LogP contribution in [0, 0.1) is 0 Å². The SMILES string of the molecule is ClCc1ccc(OCC2Cc3ccccc32)cn1. The predicted octanol–water partition coefficient (Wildman–Crippen LogP) is 3.54. The van der Waals surface area contributed by atoms with Crippen LogP contribution in [0.4, 0.5) is 0 Å². The lowest BCUT2D eigenvalue weighted by atomic mass is 9.78. The van der Waals surface area contributed by atoms with Crippen molar-refractivity contribution in [1.29, 1.82) is 0 Å². The lowest BCUT2D eigenvalue weighted by Gasteiger charge is -2.29. The zero-order valence-corrected chi connectivity index (χ0v) is 10.7. The van der Waals surface area contributed by atoms with Crippen molar-refractivity contribution in [1.82, 2.24) is 4.98 Å². The summed E-state index contributed by atoms with van der Waals surface area (Å²) in [6.45, 7) is 0.721. The molecule has 1 aliphatic carbocycles. The van der Waals surface area contributed by atoms with E-state index >= 15 is 0 Å². The number of alkyl halides is 1. The van der Waals surface area contributed by atoms with Gasteiger partial charge in [0.1, 0.15) is 5.75 Å². The molecular formula is C15H14ClNO. The number of hydrogen-bond donors (Lipinski definition) is 0. The molecule has 0 aliphatic heterocycles.